The lowest BCUT2D eigenvalue weighted by atomic mass is 10.2. The first-order valence-electron chi connectivity index (χ1n) is 7.15. The van der Waals surface area contributed by atoms with Crippen LogP contribution in [0.5, 0.6) is 6.01 Å². The molecule has 0 amide bonds. The molecule has 1 saturated heterocycles. The number of morpholine rings is 1. The molecule has 0 spiro atoms. The van der Waals surface area contributed by atoms with Crippen LogP contribution in [0.25, 0.3) is 0 Å². The molecule has 1 fully saturated rings. The van der Waals surface area contributed by atoms with Crippen molar-refractivity contribution in [2.45, 2.75) is 39.9 Å². The van der Waals surface area contributed by atoms with Crippen molar-refractivity contribution < 1.29 is 9.47 Å². The smallest absolute Gasteiger partial charge is 0.323 e. The van der Waals surface area contributed by atoms with E-state index in [0.717, 1.165) is 19.6 Å². The highest BCUT2D eigenvalue weighted by Gasteiger charge is 2.25. The third kappa shape index (κ3) is 3.69. The molecule has 1 aliphatic heterocycles. The fraction of sp³-hybridized carbons (Fsp3) is 0.769. The van der Waals surface area contributed by atoms with Crippen LogP contribution in [-0.4, -0.2) is 53.4 Å². The number of aromatic nitrogens is 3. The van der Waals surface area contributed by atoms with Crippen molar-refractivity contribution in [2.24, 2.45) is 0 Å². The normalized spacial score (nSPS) is 22.7. The van der Waals surface area contributed by atoms with E-state index in [1.165, 1.54) is 0 Å². The van der Waals surface area contributed by atoms with E-state index in [4.69, 9.17) is 9.47 Å². The Hall–Kier alpha value is -1.63. The van der Waals surface area contributed by atoms with Gasteiger partial charge in [0.2, 0.25) is 11.9 Å². The van der Waals surface area contributed by atoms with E-state index in [1.807, 2.05) is 13.8 Å². The fourth-order valence-corrected chi connectivity index (χ4v) is 2.26. The Bertz CT molecular complexity index is 409. The molecule has 0 aromatic carbocycles. The van der Waals surface area contributed by atoms with Gasteiger partial charge in [-0.15, -0.1) is 0 Å². The number of anilines is 2. The standard InChI is InChI=1S/C13H23N5O2/c1-5-14-11-15-12(17-13(16-11)19-6-2)18-7-9(3)20-10(4)8-18/h9-10H,5-8H2,1-4H3,(H,14,15,16,17). The van der Waals surface area contributed by atoms with Crippen LogP contribution in [-0.2, 0) is 4.74 Å². The van der Waals surface area contributed by atoms with Crippen LogP contribution in [0.15, 0.2) is 0 Å². The van der Waals surface area contributed by atoms with Crippen LogP contribution in [0.4, 0.5) is 11.9 Å². The molecule has 2 rings (SSSR count). The maximum Gasteiger partial charge on any atom is 0.323 e. The summed E-state index contributed by atoms with van der Waals surface area (Å²) in [4.78, 5) is 15.2. The lowest BCUT2D eigenvalue weighted by Gasteiger charge is -2.35. The Labute approximate surface area is 119 Å². The number of rotatable bonds is 5. The number of ether oxygens (including phenoxy) is 2. The van der Waals surface area contributed by atoms with Gasteiger partial charge in [0.1, 0.15) is 0 Å². The van der Waals surface area contributed by atoms with E-state index in [1.54, 1.807) is 0 Å². The first-order chi connectivity index (χ1) is 9.62. The largest absolute Gasteiger partial charge is 0.464 e. The van der Waals surface area contributed by atoms with Crippen LogP contribution in [0.2, 0.25) is 0 Å². The maximum atomic E-state index is 5.73. The lowest BCUT2D eigenvalue weighted by Crippen LogP contribution is -2.46. The summed E-state index contributed by atoms with van der Waals surface area (Å²) in [5.74, 6) is 1.19. The van der Waals surface area contributed by atoms with Crippen LogP contribution < -0.4 is 15.0 Å². The van der Waals surface area contributed by atoms with E-state index in [2.05, 4.69) is 39.0 Å². The van der Waals surface area contributed by atoms with Crippen molar-refractivity contribution in [1.29, 1.82) is 0 Å². The van der Waals surface area contributed by atoms with Gasteiger partial charge in [-0.2, -0.15) is 15.0 Å². The number of hydrogen-bond donors (Lipinski definition) is 1. The van der Waals surface area contributed by atoms with Crippen LogP contribution in [0.1, 0.15) is 27.7 Å². The summed E-state index contributed by atoms with van der Waals surface area (Å²) in [6.45, 7) is 10.8. The molecule has 0 saturated carbocycles. The minimum Gasteiger partial charge on any atom is -0.464 e. The van der Waals surface area contributed by atoms with Crippen LogP contribution in [0.3, 0.4) is 0 Å². The fourth-order valence-electron chi connectivity index (χ4n) is 2.26. The summed E-state index contributed by atoms with van der Waals surface area (Å²) in [5.41, 5.74) is 0. The van der Waals surface area contributed by atoms with Crippen LogP contribution >= 0.6 is 0 Å². The topological polar surface area (TPSA) is 72.4 Å². The van der Waals surface area contributed by atoms with Crippen molar-refractivity contribution in [3.63, 3.8) is 0 Å². The molecule has 1 aromatic rings. The molecular weight excluding hydrogens is 258 g/mol. The van der Waals surface area contributed by atoms with E-state index in [0.29, 0.717) is 24.5 Å². The lowest BCUT2D eigenvalue weighted by molar-refractivity contribution is -0.00577. The van der Waals surface area contributed by atoms with Crippen molar-refractivity contribution in [2.75, 3.05) is 36.5 Å². The molecule has 112 valence electrons. The van der Waals surface area contributed by atoms with Gasteiger partial charge in [-0.3, -0.25) is 0 Å². The maximum absolute atomic E-state index is 5.73. The predicted octanol–water partition coefficient (Wildman–Crippen LogP) is 1.32. The molecule has 7 heteroatoms. The average Bonchev–Trinajstić information content (AvgIpc) is 2.38. The minimum atomic E-state index is 0.161. The number of nitrogens with zero attached hydrogens (tertiary/aromatic N) is 4. The quantitative estimate of drug-likeness (QED) is 0.872. The van der Waals surface area contributed by atoms with Gasteiger partial charge in [-0.25, -0.2) is 0 Å². The summed E-state index contributed by atoms with van der Waals surface area (Å²) < 4.78 is 11.2. The third-order valence-electron chi connectivity index (χ3n) is 2.91. The van der Waals surface area contributed by atoms with Crippen LogP contribution in [0, 0.1) is 0 Å². The third-order valence-corrected chi connectivity index (χ3v) is 2.91. The Morgan fingerprint density at radius 2 is 1.90 bits per heavy atom. The molecule has 2 unspecified atom stereocenters. The minimum absolute atomic E-state index is 0.161. The molecule has 20 heavy (non-hydrogen) atoms. The second kappa shape index (κ2) is 6.69. The Kier molecular flexibility index (Phi) is 4.94. The van der Waals surface area contributed by atoms with Gasteiger partial charge in [0, 0.05) is 19.6 Å². The summed E-state index contributed by atoms with van der Waals surface area (Å²) in [6, 6.07) is 0.361. The highest BCUT2D eigenvalue weighted by Crippen LogP contribution is 2.19. The molecule has 2 heterocycles. The van der Waals surface area contributed by atoms with Crippen molar-refractivity contribution in [3.05, 3.63) is 0 Å². The first kappa shape index (κ1) is 14.8. The Morgan fingerprint density at radius 1 is 1.20 bits per heavy atom. The summed E-state index contributed by atoms with van der Waals surface area (Å²) in [5, 5.41) is 3.11. The van der Waals surface area contributed by atoms with E-state index >= 15 is 0 Å². The van der Waals surface area contributed by atoms with Gasteiger partial charge in [-0.05, 0) is 27.7 Å². The van der Waals surface area contributed by atoms with E-state index in [9.17, 15) is 0 Å². The first-order valence-corrected chi connectivity index (χ1v) is 7.15. The molecule has 0 radical (unpaired) electrons. The van der Waals surface area contributed by atoms with E-state index < -0.39 is 0 Å². The van der Waals surface area contributed by atoms with Gasteiger partial charge < -0.3 is 19.7 Å². The molecule has 1 aliphatic rings. The molecule has 0 bridgehead atoms. The molecule has 2 atom stereocenters. The molecule has 1 N–H and O–H groups in total. The van der Waals surface area contributed by atoms with Crippen molar-refractivity contribution >= 4 is 11.9 Å². The van der Waals surface area contributed by atoms with Crippen molar-refractivity contribution in [1.82, 2.24) is 15.0 Å². The number of nitrogens with one attached hydrogen (secondary N) is 1. The summed E-state index contributed by atoms with van der Waals surface area (Å²) in [7, 11) is 0. The predicted molar refractivity (Wildman–Crippen MR) is 77.4 cm³/mol. The summed E-state index contributed by atoms with van der Waals surface area (Å²) in [6.07, 6.45) is 0.322. The van der Waals surface area contributed by atoms with Gasteiger partial charge >= 0.3 is 6.01 Å². The molecule has 7 nitrogen and oxygen atoms in total. The zero-order valence-corrected chi connectivity index (χ0v) is 12.6. The molecule has 0 aliphatic carbocycles. The SMILES string of the molecule is CCNc1nc(OCC)nc(N2CC(C)OC(C)C2)n1. The molecule has 1 aromatic heterocycles. The second-order valence-corrected chi connectivity index (χ2v) is 4.87. The molecular formula is C13H23N5O2. The monoisotopic (exact) mass is 281 g/mol. The van der Waals surface area contributed by atoms with E-state index in [-0.39, 0.29) is 12.2 Å². The average molecular weight is 281 g/mol. The zero-order chi connectivity index (χ0) is 14.5. The Balaban J connectivity index is 2.24. The van der Waals surface area contributed by atoms with Gasteiger partial charge in [0.25, 0.3) is 0 Å². The van der Waals surface area contributed by atoms with Crippen molar-refractivity contribution in [3.8, 4) is 6.01 Å². The Morgan fingerprint density at radius 3 is 2.50 bits per heavy atom. The highest BCUT2D eigenvalue weighted by atomic mass is 16.5. The second-order valence-electron chi connectivity index (χ2n) is 4.87. The summed E-state index contributed by atoms with van der Waals surface area (Å²) >= 11 is 0. The van der Waals surface area contributed by atoms with Gasteiger partial charge in [0.15, 0.2) is 0 Å². The number of hydrogen-bond acceptors (Lipinski definition) is 7. The zero-order valence-electron chi connectivity index (χ0n) is 12.6. The van der Waals surface area contributed by atoms with Gasteiger partial charge in [-0.1, -0.05) is 0 Å². The van der Waals surface area contributed by atoms with Gasteiger partial charge in [0.05, 0.1) is 18.8 Å². The highest BCUT2D eigenvalue weighted by molar-refractivity contribution is 5.39.